The first kappa shape index (κ1) is 22.1. The van der Waals surface area contributed by atoms with Crippen LogP contribution in [-0.4, -0.2) is 67.6 Å². The van der Waals surface area contributed by atoms with E-state index in [0.717, 1.165) is 69.6 Å². The molecule has 1 atom stereocenters. The minimum Gasteiger partial charge on any atom is -0.355 e. The van der Waals surface area contributed by atoms with Crippen LogP contribution in [0.3, 0.4) is 0 Å². The van der Waals surface area contributed by atoms with Crippen molar-refractivity contribution in [3.63, 3.8) is 0 Å². The van der Waals surface area contributed by atoms with Crippen molar-refractivity contribution in [3.8, 4) is 0 Å². The van der Waals surface area contributed by atoms with Crippen LogP contribution in [0, 0.1) is 0 Å². The van der Waals surface area contributed by atoms with Gasteiger partial charge in [0.05, 0.1) is 6.04 Å². The number of carbonyl (C=O) groups is 2. The molecule has 0 spiro atoms. The Bertz CT molecular complexity index is 1200. The molecule has 0 aromatic carbocycles. The number of aryl methyl sites for hydroxylation is 1. The van der Waals surface area contributed by atoms with E-state index in [0.29, 0.717) is 17.0 Å². The van der Waals surface area contributed by atoms with E-state index < -0.39 is 0 Å². The second kappa shape index (κ2) is 8.98. The molecule has 2 aliphatic heterocycles. The predicted octanol–water partition coefficient (Wildman–Crippen LogP) is 2.63. The quantitative estimate of drug-likeness (QED) is 0.702. The van der Waals surface area contributed by atoms with Crippen molar-refractivity contribution < 1.29 is 9.59 Å². The maximum Gasteiger partial charge on any atom is 0.322 e. The average molecular weight is 477 g/mol. The summed E-state index contributed by atoms with van der Waals surface area (Å²) in [6.07, 6.45) is 15.9. The Morgan fingerprint density at radius 1 is 1.11 bits per heavy atom. The van der Waals surface area contributed by atoms with Gasteiger partial charge in [0.15, 0.2) is 17.0 Å². The van der Waals surface area contributed by atoms with Gasteiger partial charge in [-0.25, -0.2) is 19.7 Å². The van der Waals surface area contributed by atoms with Gasteiger partial charge < -0.3 is 20.1 Å². The number of allylic oxidation sites excluding steroid dienone is 2. The van der Waals surface area contributed by atoms with Crippen molar-refractivity contribution in [1.29, 1.82) is 0 Å². The molecule has 2 saturated heterocycles. The summed E-state index contributed by atoms with van der Waals surface area (Å²) in [6.45, 7) is 1.52. The molecule has 2 aromatic rings. The molecule has 6 rings (SSSR count). The van der Waals surface area contributed by atoms with Crippen molar-refractivity contribution in [2.45, 2.75) is 69.5 Å². The zero-order valence-corrected chi connectivity index (χ0v) is 20.1. The van der Waals surface area contributed by atoms with Crippen molar-refractivity contribution in [2.24, 2.45) is 7.05 Å². The van der Waals surface area contributed by atoms with Gasteiger partial charge in [-0.1, -0.05) is 31.4 Å². The van der Waals surface area contributed by atoms with E-state index in [2.05, 4.69) is 37.7 Å². The van der Waals surface area contributed by atoms with Crippen LogP contribution in [-0.2, 0) is 7.05 Å². The minimum atomic E-state index is -0.147. The summed E-state index contributed by atoms with van der Waals surface area (Å²) < 4.78 is 1.77. The molecule has 10 nitrogen and oxygen atoms in total. The smallest absolute Gasteiger partial charge is 0.322 e. The molecule has 2 N–H and O–H groups in total. The lowest BCUT2D eigenvalue weighted by Gasteiger charge is -2.37. The summed E-state index contributed by atoms with van der Waals surface area (Å²) in [5, 5.41) is 6.26. The van der Waals surface area contributed by atoms with E-state index in [9.17, 15) is 9.59 Å². The number of amides is 3. The lowest BCUT2D eigenvalue weighted by Crippen LogP contribution is -2.46. The number of imidazole rings is 1. The van der Waals surface area contributed by atoms with Gasteiger partial charge in [0.1, 0.15) is 6.33 Å². The number of hydrogen-bond donors (Lipinski definition) is 2. The van der Waals surface area contributed by atoms with Gasteiger partial charge in [0.2, 0.25) is 5.82 Å². The van der Waals surface area contributed by atoms with E-state index in [1.165, 1.54) is 6.42 Å². The molecule has 3 fully saturated rings. The van der Waals surface area contributed by atoms with Crippen LogP contribution in [0.1, 0.15) is 62.0 Å². The van der Waals surface area contributed by atoms with E-state index in [1.54, 1.807) is 10.9 Å². The molecule has 4 aliphatic rings. The first-order chi connectivity index (χ1) is 17.1. The van der Waals surface area contributed by atoms with Gasteiger partial charge in [-0.05, 0) is 38.2 Å². The predicted molar refractivity (Wildman–Crippen MR) is 132 cm³/mol. The molecule has 0 radical (unpaired) electrons. The van der Waals surface area contributed by atoms with E-state index in [-0.39, 0.29) is 30.1 Å². The van der Waals surface area contributed by atoms with E-state index in [1.807, 2.05) is 18.0 Å². The Morgan fingerprint density at radius 3 is 2.71 bits per heavy atom. The fourth-order valence-electron chi connectivity index (χ4n) is 5.97. The number of nitrogens with zero attached hydrogens (tertiary/aromatic N) is 6. The number of piperidine rings is 1. The van der Waals surface area contributed by atoms with Crippen LogP contribution in [0.25, 0.3) is 11.2 Å². The Balaban J connectivity index is 1.19. The summed E-state index contributed by atoms with van der Waals surface area (Å²) in [6, 6.07) is 0.481. The van der Waals surface area contributed by atoms with E-state index in [4.69, 9.17) is 4.98 Å². The second-order valence-electron chi connectivity index (χ2n) is 10.0. The largest absolute Gasteiger partial charge is 0.355 e. The molecule has 3 amide bonds. The SMILES string of the molecule is Cn1c(C(=O)NC2CCCCC2)nc2c(N3CCC(N4C(=O)NC5CC=CC=C54)CC3)ncnc21. The Morgan fingerprint density at radius 2 is 1.91 bits per heavy atom. The third kappa shape index (κ3) is 3.94. The van der Waals surface area contributed by atoms with Crippen LogP contribution < -0.4 is 15.5 Å². The number of fused-ring (bicyclic) bond motifs is 2. The maximum absolute atomic E-state index is 13.0. The standard InChI is InChI=1S/C25H32N8O2/c1-31-21-20(30-23(31)24(34)28-16-7-3-2-4-8-16)22(27-15-26-21)32-13-11-17(12-14-32)33-19-10-6-5-9-18(19)29-25(33)35/h5-6,10,15-18H,2-4,7-9,11-14H2,1H3,(H,28,34)(H,29,35). The second-order valence-corrected chi connectivity index (χ2v) is 10.0. The highest BCUT2D eigenvalue weighted by atomic mass is 16.2. The molecule has 10 heteroatoms. The van der Waals surface area contributed by atoms with Crippen molar-refractivity contribution in [3.05, 3.63) is 36.1 Å². The van der Waals surface area contributed by atoms with Gasteiger partial charge >= 0.3 is 6.03 Å². The number of hydrogen-bond acceptors (Lipinski definition) is 6. The van der Waals surface area contributed by atoms with Crippen molar-refractivity contribution in [2.75, 3.05) is 18.0 Å². The van der Waals surface area contributed by atoms with Crippen molar-refractivity contribution in [1.82, 2.24) is 35.1 Å². The van der Waals surface area contributed by atoms with Crippen LogP contribution >= 0.6 is 0 Å². The number of anilines is 1. The molecule has 0 bridgehead atoms. The molecule has 1 unspecified atom stereocenters. The molecular weight excluding hydrogens is 444 g/mol. The lowest BCUT2D eigenvalue weighted by atomic mass is 9.95. The van der Waals surface area contributed by atoms with Gasteiger partial charge in [0, 0.05) is 37.9 Å². The number of rotatable bonds is 4. The minimum absolute atomic E-state index is 0.00572. The molecule has 184 valence electrons. The van der Waals surface area contributed by atoms with Gasteiger partial charge in [-0.15, -0.1) is 0 Å². The molecule has 2 aromatic heterocycles. The number of carbonyl (C=O) groups excluding carboxylic acids is 2. The van der Waals surface area contributed by atoms with Crippen LogP contribution in [0.15, 0.2) is 30.3 Å². The zero-order chi connectivity index (χ0) is 23.9. The fourth-order valence-corrected chi connectivity index (χ4v) is 5.97. The van der Waals surface area contributed by atoms with Crippen LogP contribution in [0.4, 0.5) is 10.6 Å². The normalized spacial score (nSPS) is 23.4. The maximum atomic E-state index is 13.0. The topological polar surface area (TPSA) is 108 Å². The summed E-state index contributed by atoms with van der Waals surface area (Å²) >= 11 is 0. The first-order valence-corrected chi connectivity index (χ1v) is 12.8. The van der Waals surface area contributed by atoms with Crippen LogP contribution in [0.5, 0.6) is 0 Å². The van der Waals surface area contributed by atoms with Gasteiger partial charge in [0.25, 0.3) is 5.91 Å². The highest BCUT2D eigenvalue weighted by Crippen LogP contribution is 2.32. The zero-order valence-electron chi connectivity index (χ0n) is 20.1. The highest BCUT2D eigenvalue weighted by Gasteiger charge is 2.40. The Hall–Kier alpha value is -3.43. The number of aromatic nitrogens is 4. The number of urea groups is 1. The van der Waals surface area contributed by atoms with E-state index >= 15 is 0 Å². The Kier molecular flexibility index (Phi) is 5.66. The summed E-state index contributed by atoms with van der Waals surface area (Å²) in [5.41, 5.74) is 2.40. The Labute approximate surface area is 204 Å². The third-order valence-corrected chi connectivity index (χ3v) is 7.84. The fraction of sp³-hybridized carbons (Fsp3) is 0.560. The number of nitrogens with one attached hydrogen (secondary N) is 2. The van der Waals surface area contributed by atoms with Gasteiger partial charge in [-0.2, -0.15) is 0 Å². The van der Waals surface area contributed by atoms with Crippen molar-refractivity contribution >= 4 is 28.9 Å². The molecular formula is C25H32N8O2. The molecule has 1 saturated carbocycles. The summed E-state index contributed by atoms with van der Waals surface area (Å²) in [7, 11) is 1.84. The summed E-state index contributed by atoms with van der Waals surface area (Å²) in [4.78, 5) is 43.5. The third-order valence-electron chi connectivity index (χ3n) is 7.84. The highest BCUT2D eigenvalue weighted by molar-refractivity contribution is 5.96. The monoisotopic (exact) mass is 476 g/mol. The molecule has 35 heavy (non-hydrogen) atoms. The van der Waals surface area contributed by atoms with Gasteiger partial charge in [-0.3, -0.25) is 9.69 Å². The average Bonchev–Trinajstić information content (AvgIpc) is 3.41. The van der Waals surface area contributed by atoms with Crippen LogP contribution in [0.2, 0.25) is 0 Å². The molecule has 4 heterocycles. The molecule has 2 aliphatic carbocycles. The first-order valence-electron chi connectivity index (χ1n) is 12.8. The summed E-state index contributed by atoms with van der Waals surface area (Å²) in [5.74, 6) is 0.982. The lowest BCUT2D eigenvalue weighted by molar-refractivity contribution is 0.0914.